The molecule has 0 N–H and O–H groups in total. The summed E-state index contributed by atoms with van der Waals surface area (Å²) in [5.74, 6) is -2.20. The monoisotopic (exact) mass is 205 g/mol. The molecule has 2 aliphatic rings. The second-order valence-corrected chi connectivity index (χ2v) is 3.56. The zero-order valence-corrected chi connectivity index (χ0v) is 7.28. The van der Waals surface area contributed by atoms with Gasteiger partial charge in [0.2, 0.25) is 0 Å². The van der Waals surface area contributed by atoms with E-state index in [1.54, 1.807) is 0 Å². The highest BCUT2D eigenvalue weighted by atomic mass is 19.3. The van der Waals surface area contributed by atoms with E-state index in [9.17, 15) is 18.4 Å². The summed E-state index contributed by atoms with van der Waals surface area (Å²) in [6, 6.07) is 0. The number of rotatable bonds is 2. The summed E-state index contributed by atoms with van der Waals surface area (Å²) in [6.45, 7) is 0.0344. The number of hydrogen-bond acceptors (Lipinski definition) is 4. The van der Waals surface area contributed by atoms with Crippen LogP contribution in [-0.4, -0.2) is 42.9 Å². The van der Waals surface area contributed by atoms with Gasteiger partial charge in [0.05, 0.1) is 18.4 Å². The predicted molar refractivity (Wildman–Crippen MR) is 40.5 cm³/mol. The van der Waals surface area contributed by atoms with Gasteiger partial charge in [-0.1, -0.05) is 0 Å². The molecule has 14 heavy (non-hydrogen) atoms. The maximum Gasteiger partial charge on any atom is 0.318 e. The number of ether oxygens (including phenoxy) is 1. The smallest absolute Gasteiger partial charge is 0.318 e. The summed E-state index contributed by atoms with van der Waals surface area (Å²) in [7, 11) is 0. The fourth-order valence-electron chi connectivity index (χ4n) is 1.96. The molecule has 78 valence electrons. The van der Waals surface area contributed by atoms with Gasteiger partial charge in [-0.3, -0.25) is 14.5 Å². The molecule has 2 saturated heterocycles. The molecule has 2 heterocycles. The molecule has 2 aliphatic heterocycles. The Hall–Kier alpha value is -1.04. The summed E-state index contributed by atoms with van der Waals surface area (Å²) in [4.78, 5) is 23.5. The summed E-state index contributed by atoms with van der Waals surface area (Å²) in [5.41, 5.74) is 0. The van der Waals surface area contributed by atoms with Crippen molar-refractivity contribution in [2.45, 2.75) is 6.43 Å². The van der Waals surface area contributed by atoms with E-state index in [1.807, 2.05) is 0 Å². The Morgan fingerprint density at radius 3 is 2.21 bits per heavy atom. The van der Waals surface area contributed by atoms with Crippen LogP contribution in [0.4, 0.5) is 8.78 Å². The average molecular weight is 205 g/mol. The van der Waals surface area contributed by atoms with Crippen molar-refractivity contribution in [3.05, 3.63) is 0 Å². The van der Waals surface area contributed by atoms with Gasteiger partial charge in [-0.2, -0.15) is 0 Å². The Balaban J connectivity index is 2.00. The van der Waals surface area contributed by atoms with Crippen LogP contribution < -0.4 is 0 Å². The lowest BCUT2D eigenvalue weighted by atomic mass is 10.00. The molecule has 0 aromatic carbocycles. The number of hydrogen-bond donors (Lipinski definition) is 0. The Bertz CT molecular complexity index is 260. The van der Waals surface area contributed by atoms with Crippen molar-refractivity contribution in [3.63, 3.8) is 0 Å². The van der Waals surface area contributed by atoms with Crippen LogP contribution in [0.5, 0.6) is 0 Å². The van der Waals surface area contributed by atoms with Gasteiger partial charge >= 0.3 is 11.9 Å². The van der Waals surface area contributed by atoms with Crippen LogP contribution in [0.1, 0.15) is 0 Å². The van der Waals surface area contributed by atoms with Gasteiger partial charge in [0.25, 0.3) is 6.43 Å². The SMILES string of the molecule is O=C1OC(=O)[C@@H]2CN(CC(F)F)CC12. The van der Waals surface area contributed by atoms with Crippen molar-refractivity contribution in [1.29, 1.82) is 0 Å². The van der Waals surface area contributed by atoms with E-state index in [2.05, 4.69) is 4.74 Å². The number of alkyl halides is 2. The fourth-order valence-corrected chi connectivity index (χ4v) is 1.96. The lowest BCUT2D eigenvalue weighted by molar-refractivity contribution is -0.154. The molecule has 0 amide bonds. The molecule has 0 aromatic rings. The molecule has 6 heteroatoms. The van der Waals surface area contributed by atoms with Crippen LogP contribution in [0.3, 0.4) is 0 Å². The number of likely N-dealkylation sites (tertiary alicyclic amines) is 1. The van der Waals surface area contributed by atoms with Crippen molar-refractivity contribution in [2.24, 2.45) is 11.8 Å². The van der Waals surface area contributed by atoms with E-state index >= 15 is 0 Å². The molecule has 2 fully saturated rings. The zero-order chi connectivity index (χ0) is 10.3. The van der Waals surface area contributed by atoms with Crippen LogP contribution in [0, 0.1) is 11.8 Å². The molecule has 0 aromatic heterocycles. The average Bonchev–Trinajstić information content (AvgIpc) is 2.55. The fraction of sp³-hybridized carbons (Fsp3) is 0.750. The first-order valence-corrected chi connectivity index (χ1v) is 4.34. The van der Waals surface area contributed by atoms with E-state index in [-0.39, 0.29) is 19.6 Å². The Kier molecular flexibility index (Phi) is 2.22. The van der Waals surface area contributed by atoms with Gasteiger partial charge in [0.1, 0.15) is 0 Å². The van der Waals surface area contributed by atoms with Crippen LogP contribution in [0.2, 0.25) is 0 Å². The van der Waals surface area contributed by atoms with E-state index in [0.29, 0.717) is 0 Å². The number of esters is 2. The van der Waals surface area contributed by atoms with E-state index in [4.69, 9.17) is 0 Å². The third kappa shape index (κ3) is 1.50. The van der Waals surface area contributed by atoms with Crippen LogP contribution in [0.15, 0.2) is 0 Å². The van der Waals surface area contributed by atoms with Crippen molar-refractivity contribution in [1.82, 2.24) is 4.90 Å². The second-order valence-electron chi connectivity index (χ2n) is 3.56. The van der Waals surface area contributed by atoms with Crippen molar-refractivity contribution in [3.8, 4) is 0 Å². The molecule has 4 nitrogen and oxygen atoms in total. The molecule has 1 unspecified atom stereocenters. The number of nitrogens with zero attached hydrogens (tertiary/aromatic N) is 1. The van der Waals surface area contributed by atoms with Crippen molar-refractivity contribution in [2.75, 3.05) is 19.6 Å². The highest BCUT2D eigenvalue weighted by molar-refractivity contribution is 5.97. The van der Waals surface area contributed by atoms with Gasteiger partial charge < -0.3 is 4.74 Å². The minimum Gasteiger partial charge on any atom is -0.393 e. The number of carbonyl (C=O) groups excluding carboxylic acids is 2. The maximum absolute atomic E-state index is 12.0. The maximum atomic E-state index is 12.0. The van der Waals surface area contributed by atoms with Gasteiger partial charge in [0.15, 0.2) is 0 Å². The van der Waals surface area contributed by atoms with E-state index < -0.39 is 30.2 Å². The minimum absolute atomic E-state index is 0.208. The van der Waals surface area contributed by atoms with Gasteiger partial charge in [0, 0.05) is 13.1 Å². The highest BCUT2D eigenvalue weighted by Crippen LogP contribution is 2.31. The Labute approximate surface area is 78.8 Å². The molecule has 0 aliphatic carbocycles. The lowest BCUT2D eigenvalue weighted by Gasteiger charge is -2.14. The largest absolute Gasteiger partial charge is 0.393 e. The van der Waals surface area contributed by atoms with Gasteiger partial charge in [-0.25, -0.2) is 8.78 Å². The normalized spacial score (nSPS) is 32.5. The third-order valence-corrected chi connectivity index (χ3v) is 2.60. The molecule has 0 bridgehead atoms. The zero-order valence-electron chi connectivity index (χ0n) is 7.28. The first-order valence-electron chi connectivity index (χ1n) is 4.34. The third-order valence-electron chi connectivity index (χ3n) is 2.60. The van der Waals surface area contributed by atoms with Crippen molar-refractivity contribution >= 4 is 11.9 Å². The standard InChI is InChI=1S/C8H9F2NO3/c9-6(10)3-11-1-4-5(2-11)8(13)14-7(4)12/h4-6H,1-3H2/t4-,5?/m1/s1. The number of halogens is 2. The minimum atomic E-state index is -2.43. The highest BCUT2D eigenvalue weighted by Gasteiger charge is 2.50. The van der Waals surface area contributed by atoms with Crippen LogP contribution in [-0.2, 0) is 14.3 Å². The first kappa shape index (κ1) is 9.51. The molecule has 2 rings (SSSR count). The molecule has 2 atom stereocenters. The summed E-state index contributed by atoms with van der Waals surface area (Å²) in [5, 5.41) is 0. The molecule has 0 spiro atoms. The lowest BCUT2D eigenvalue weighted by Crippen LogP contribution is -2.29. The number of cyclic esters (lactones) is 2. The van der Waals surface area contributed by atoms with Gasteiger partial charge in [-0.15, -0.1) is 0 Å². The quantitative estimate of drug-likeness (QED) is 0.466. The number of carbonyl (C=O) groups is 2. The Morgan fingerprint density at radius 2 is 1.79 bits per heavy atom. The number of fused-ring (bicyclic) bond motifs is 1. The molecular weight excluding hydrogens is 196 g/mol. The summed E-state index contributed by atoms with van der Waals surface area (Å²) in [6.07, 6.45) is -2.43. The first-order chi connectivity index (χ1) is 6.58. The summed E-state index contributed by atoms with van der Waals surface area (Å²) >= 11 is 0. The molecule has 0 radical (unpaired) electrons. The molecular formula is C8H9F2NO3. The predicted octanol–water partition coefficient (Wildman–Crippen LogP) is -0.117. The van der Waals surface area contributed by atoms with Crippen LogP contribution in [0.25, 0.3) is 0 Å². The van der Waals surface area contributed by atoms with Gasteiger partial charge in [-0.05, 0) is 0 Å². The Morgan fingerprint density at radius 1 is 1.29 bits per heavy atom. The second kappa shape index (κ2) is 3.27. The van der Waals surface area contributed by atoms with Crippen molar-refractivity contribution < 1.29 is 23.1 Å². The molecule has 0 saturated carbocycles. The topological polar surface area (TPSA) is 46.6 Å². The van der Waals surface area contributed by atoms with Crippen LogP contribution >= 0.6 is 0 Å². The van der Waals surface area contributed by atoms with E-state index in [1.165, 1.54) is 4.90 Å². The summed E-state index contributed by atoms with van der Waals surface area (Å²) < 4.78 is 28.4. The van der Waals surface area contributed by atoms with E-state index in [0.717, 1.165) is 0 Å².